The first-order chi connectivity index (χ1) is 9.02. The van der Waals surface area contributed by atoms with Crippen LogP contribution in [-0.4, -0.2) is 43.3 Å². The van der Waals surface area contributed by atoms with Gasteiger partial charge in [-0.3, -0.25) is 0 Å². The average molecular weight is 287 g/mol. The topological polar surface area (TPSA) is 77.7 Å². The van der Waals surface area contributed by atoms with E-state index in [4.69, 9.17) is 15.2 Å². The van der Waals surface area contributed by atoms with Crippen molar-refractivity contribution in [3.63, 3.8) is 0 Å². The van der Waals surface area contributed by atoms with E-state index < -0.39 is 5.97 Å². The Morgan fingerprint density at radius 1 is 1.53 bits per heavy atom. The zero-order valence-electron chi connectivity index (χ0n) is 11.8. The Labute approximate surface area is 117 Å². The number of nitrogens with two attached hydrogens (primary N) is 1. The predicted molar refractivity (Wildman–Crippen MR) is 76.8 cm³/mol. The molecule has 0 fully saturated rings. The Morgan fingerprint density at radius 2 is 2.21 bits per heavy atom. The van der Waals surface area contributed by atoms with Crippen LogP contribution in [0.5, 0.6) is 0 Å². The van der Waals surface area contributed by atoms with E-state index in [1.54, 1.807) is 14.0 Å². The van der Waals surface area contributed by atoms with Gasteiger partial charge in [0, 0.05) is 19.7 Å². The minimum Gasteiger partial charge on any atom is -0.462 e. The second-order valence-electron chi connectivity index (χ2n) is 4.25. The van der Waals surface area contributed by atoms with Crippen molar-refractivity contribution in [2.24, 2.45) is 0 Å². The summed E-state index contributed by atoms with van der Waals surface area (Å²) >= 11 is 1.21. The summed E-state index contributed by atoms with van der Waals surface area (Å²) in [4.78, 5) is 14.0. The van der Waals surface area contributed by atoms with Crippen molar-refractivity contribution in [1.82, 2.24) is 4.37 Å². The summed E-state index contributed by atoms with van der Waals surface area (Å²) in [6.07, 6.45) is 0. The highest BCUT2D eigenvalue weighted by Crippen LogP contribution is 2.32. The second kappa shape index (κ2) is 7.30. The number of ether oxygens (including phenoxy) is 2. The molecule has 1 aromatic rings. The third-order valence-corrected chi connectivity index (χ3v) is 3.50. The van der Waals surface area contributed by atoms with Gasteiger partial charge < -0.3 is 20.1 Å². The molecule has 0 saturated carbocycles. The first kappa shape index (κ1) is 15.7. The number of hydrogen-bond donors (Lipinski definition) is 1. The van der Waals surface area contributed by atoms with Gasteiger partial charge in [-0.1, -0.05) is 0 Å². The van der Waals surface area contributed by atoms with Crippen LogP contribution in [0.1, 0.15) is 31.1 Å². The Hall–Kier alpha value is -1.34. The third-order valence-electron chi connectivity index (χ3n) is 2.60. The highest BCUT2D eigenvalue weighted by Gasteiger charge is 2.25. The van der Waals surface area contributed by atoms with Gasteiger partial charge in [-0.2, -0.15) is 4.37 Å². The number of nitrogens with zero attached hydrogens (tertiary/aromatic N) is 2. The molecule has 7 heteroatoms. The van der Waals surface area contributed by atoms with Crippen LogP contribution >= 0.6 is 11.5 Å². The Morgan fingerprint density at radius 3 is 2.74 bits per heavy atom. The Kier molecular flexibility index (Phi) is 6.04. The molecule has 0 bridgehead atoms. The fourth-order valence-corrected chi connectivity index (χ4v) is 2.63. The van der Waals surface area contributed by atoms with Crippen LogP contribution < -0.4 is 10.6 Å². The molecule has 0 aromatic carbocycles. The van der Waals surface area contributed by atoms with E-state index in [1.807, 2.05) is 18.7 Å². The molecule has 19 heavy (non-hydrogen) atoms. The summed E-state index contributed by atoms with van der Waals surface area (Å²) in [5.74, 6) is -0.201. The molecule has 1 heterocycles. The molecule has 0 spiro atoms. The van der Waals surface area contributed by atoms with Gasteiger partial charge in [-0.15, -0.1) is 0 Å². The third kappa shape index (κ3) is 3.81. The molecule has 0 aliphatic heterocycles. The standard InChI is InChI=1S/C12H21N3O3S/c1-5-18-12(16)9-10(13)14-19-11(9)15(8(2)3)6-7-17-4/h8H,5-7H2,1-4H3,(H2,13,14). The maximum atomic E-state index is 12.0. The highest BCUT2D eigenvalue weighted by molar-refractivity contribution is 7.11. The smallest absolute Gasteiger partial charge is 0.345 e. The van der Waals surface area contributed by atoms with Crippen molar-refractivity contribution in [2.75, 3.05) is 37.5 Å². The number of aromatic nitrogens is 1. The molecule has 0 atom stereocenters. The number of carbonyl (C=O) groups is 1. The normalized spacial score (nSPS) is 10.8. The number of carbonyl (C=O) groups excluding carboxylic acids is 1. The molecule has 108 valence electrons. The first-order valence-electron chi connectivity index (χ1n) is 6.20. The summed E-state index contributed by atoms with van der Waals surface area (Å²) in [6, 6.07) is 0.211. The quantitative estimate of drug-likeness (QED) is 0.770. The van der Waals surface area contributed by atoms with Crippen molar-refractivity contribution in [3.8, 4) is 0 Å². The Balaban J connectivity index is 3.06. The summed E-state index contributed by atoms with van der Waals surface area (Å²) in [6.45, 7) is 7.40. The predicted octanol–water partition coefficient (Wildman–Crippen LogP) is 1.76. The zero-order valence-corrected chi connectivity index (χ0v) is 12.6. The molecule has 0 aliphatic rings. The maximum absolute atomic E-state index is 12.0. The van der Waals surface area contributed by atoms with Gasteiger partial charge in [0.25, 0.3) is 0 Å². The molecule has 0 amide bonds. The SMILES string of the molecule is CCOC(=O)c1c(N)nsc1N(CCOC)C(C)C. The fourth-order valence-electron chi connectivity index (χ4n) is 1.67. The van der Waals surface area contributed by atoms with Crippen molar-refractivity contribution >= 4 is 28.3 Å². The van der Waals surface area contributed by atoms with Crippen molar-refractivity contribution in [2.45, 2.75) is 26.8 Å². The molecule has 2 N–H and O–H groups in total. The lowest BCUT2D eigenvalue weighted by Crippen LogP contribution is -2.34. The number of anilines is 2. The first-order valence-corrected chi connectivity index (χ1v) is 6.98. The highest BCUT2D eigenvalue weighted by atomic mass is 32.1. The largest absolute Gasteiger partial charge is 0.462 e. The monoisotopic (exact) mass is 287 g/mol. The van der Waals surface area contributed by atoms with Crippen molar-refractivity contribution in [1.29, 1.82) is 0 Å². The van der Waals surface area contributed by atoms with E-state index in [1.165, 1.54) is 11.5 Å². The van der Waals surface area contributed by atoms with Crippen LogP contribution in [0.3, 0.4) is 0 Å². The summed E-state index contributed by atoms with van der Waals surface area (Å²) in [5, 5.41) is 0.739. The minimum atomic E-state index is -0.424. The lowest BCUT2D eigenvalue weighted by atomic mass is 10.2. The zero-order chi connectivity index (χ0) is 14.4. The molecule has 6 nitrogen and oxygen atoms in total. The number of methoxy groups -OCH3 is 1. The molecule has 1 aromatic heterocycles. The fraction of sp³-hybridized carbons (Fsp3) is 0.667. The van der Waals surface area contributed by atoms with E-state index in [0.717, 1.165) is 5.00 Å². The molecular weight excluding hydrogens is 266 g/mol. The van der Waals surface area contributed by atoms with Crippen molar-refractivity contribution < 1.29 is 14.3 Å². The number of rotatable bonds is 7. The number of nitrogen functional groups attached to an aromatic ring is 1. The van der Waals surface area contributed by atoms with E-state index >= 15 is 0 Å². The molecule has 0 aliphatic carbocycles. The lowest BCUT2D eigenvalue weighted by Gasteiger charge is -2.27. The van der Waals surface area contributed by atoms with E-state index in [9.17, 15) is 4.79 Å². The van der Waals surface area contributed by atoms with Crippen LogP contribution in [0, 0.1) is 0 Å². The van der Waals surface area contributed by atoms with E-state index in [-0.39, 0.29) is 11.9 Å². The molecule has 1 rings (SSSR count). The van der Waals surface area contributed by atoms with Crippen LogP contribution in [0.2, 0.25) is 0 Å². The van der Waals surface area contributed by atoms with Gasteiger partial charge in [0.15, 0.2) is 5.82 Å². The average Bonchev–Trinajstić information content (AvgIpc) is 2.71. The molecule has 0 radical (unpaired) electrons. The summed E-state index contributed by atoms with van der Waals surface area (Å²) in [7, 11) is 1.64. The van der Waals surface area contributed by atoms with Crippen LogP contribution in [-0.2, 0) is 9.47 Å². The number of hydrogen-bond acceptors (Lipinski definition) is 7. The van der Waals surface area contributed by atoms with Gasteiger partial charge >= 0.3 is 5.97 Å². The summed E-state index contributed by atoms with van der Waals surface area (Å²) < 4.78 is 14.2. The minimum absolute atomic E-state index is 0.211. The molecule has 0 saturated heterocycles. The van der Waals surface area contributed by atoms with Crippen LogP contribution in [0.4, 0.5) is 10.8 Å². The van der Waals surface area contributed by atoms with Gasteiger partial charge in [0.2, 0.25) is 0 Å². The van der Waals surface area contributed by atoms with Gasteiger partial charge in [-0.25, -0.2) is 4.79 Å². The lowest BCUT2D eigenvalue weighted by molar-refractivity contribution is 0.0528. The maximum Gasteiger partial charge on any atom is 0.345 e. The molecule has 0 unspecified atom stereocenters. The van der Waals surface area contributed by atoms with Crippen molar-refractivity contribution in [3.05, 3.63) is 5.56 Å². The van der Waals surface area contributed by atoms with Gasteiger partial charge in [-0.05, 0) is 32.3 Å². The van der Waals surface area contributed by atoms with Crippen LogP contribution in [0.25, 0.3) is 0 Å². The molecular formula is C12H21N3O3S. The van der Waals surface area contributed by atoms with Gasteiger partial charge in [0.1, 0.15) is 10.6 Å². The van der Waals surface area contributed by atoms with E-state index in [2.05, 4.69) is 4.37 Å². The Bertz CT molecular complexity index is 420. The number of esters is 1. The second-order valence-corrected chi connectivity index (χ2v) is 5.00. The van der Waals surface area contributed by atoms with Crippen LogP contribution in [0.15, 0.2) is 0 Å². The summed E-state index contributed by atoms with van der Waals surface area (Å²) in [5.41, 5.74) is 6.14. The van der Waals surface area contributed by atoms with Gasteiger partial charge in [0.05, 0.1) is 13.2 Å². The van der Waals surface area contributed by atoms with E-state index in [0.29, 0.717) is 25.3 Å².